The number of fused-ring (bicyclic) bond motifs is 3. The van der Waals surface area contributed by atoms with Crippen molar-refractivity contribution in [2.24, 2.45) is 11.3 Å². The van der Waals surface area contributed by atoms with Crippen LogP contribution >= 0.6 is 23.1 Å². The predicted molar refractivity (Wildman–Crippen MR) is 140 cm³/mol. The molecule has 1 atom stereocenters. The predicted octanol–water partition coefficient (Wildman–Crippen LogP) is 7.58. The van der Waals surface area contributed by atoms with E-state index in [2.05, 4.69) is 58.9 Å². The Morgan fingerprint density at radius 1 is 1.16 bits per heavy atom. The molecule has 1 aliphatic rings. The summed E-state index contributed by atoms with van der Waals surface area (Å²) in [4.78, 5) is 21.3. The largest absolute Gasteiger partial charge is 0.268 e. The highest BCUT2D eigenvalue weighted by Gasteiger charge is 2.32. The van der Waals surface area contributed by atoms with E-state index in [0.717, 1.165) is 52.5 Å². The van der Waals surface area contributed by atoms with E-state index < -0.39 is 0 Å². The number of nitrogens with zero attached hydrogens (tertiary/aromatic N) is 2. The monoisotopic (exact) mass is 468 g/mol. The van der Waals surface area contributed by atoms with Crippen LogP contribution in [-0.4, -0.2) is 15.3 Å². The molecule has 4 rings (SSSR count). The molecule has 0 saturated heterocycles. The summed E-state index contributed by atoms with van der Waals surface area (Å²) in [6, 6.07) is 8.27. The van der Waals surface area contributed by atoms with Gasteiger partial charge in [0, 0.05) is 10.6 Å². The molecule has 32 heavy (non-hydrogen) atoms. The van der Waals surface area contributed by atoms with Crippen LogP contribution in [-0.2, 0) is 12.8 Å². The maximum Gasteiger partial charge on any atom is 0.267 e. The van der Waals surface area contributed by atoms with Crippen LogP contribution in [0.15, 0.2) is 34.2 Å². The van der Waals surface area contributed by atoms with Gasteiger partial charge in [-0.05, 0) is 61.6 Å². The molecule has 172 valence electrons. The lowest BCUT2D eigenvalue weighted by atomic mass is 9.72. The summed E-state index contributed by atoms with van der Waals surface area (Å²) in [5.74, 6) is 1.66. The van der Waals surface area contributed by atoms with Crippen LogP contribution in [0.25, 0.3) is 15.9 Å². The summed E-state index contributed by atoms with van der Waals surface area (Å²) in [7, 11) is 0. The van der Waals surface area contributed by atoms with Gasteiger partial charge < -0.3 is 0 Å². The molecule has 0 fully saturated rings. The molecule has 1 aliphatic carbocycles. The van der Waals surface area contributed by atoms with Crippen molar-refractivity contribution in [1.82, 2.24) is 9.55 Å². The van der Waals surface area contributed by atoms with Crippen molar-refractivity contribution >= 4 is 33.3 Å². The highest BCUT2D eigenvalue weighted by atomic mass is 32.2. The molecule has 0 aliphatic heterocycles. The number of thiophene rings is 1. The second-order valence-corrected chi connectivity index (χ2v) is 12.4. The Kier molecular flexibility index (Phi) is 7.16. The minimum absolute atomic E-state index is 0.113. The zero-order valence-corrected chi connectivity index (χ0v) is 21.8. The maximum absolute atomic E-state index is 13.9. The standard InChI is InChI=1S/C27H36N2OS2/c1-6-7-8-9-16-31-26-28-24-23(25(30)29(26)20-13-10-18(2)11-14-20)21-15-12-19(27(3,4)5)17-22(21)32-24/h10-11,13-14,19H,6-9,12,15-17H2,1-5H3. The molecule has 3 nitrogen and oxygen atoms in total. The molecule has 0 amide bonds. The smallest absolute Gasteiger partial charge is 0.267 e. The zero-order valence-electron chi connectivity index (χ0n) is 20.2. The summed E-state index contributed by atoms with van der Waals surface area (Å²) in [5.41, 5.74) is 3.80. The van der Waals surface area contributed by atoms with Crippen LogP contribution < -0.4 is 5.56 Å². The van der Waals surface area contributed by atoms with E-state index in [9.17, 15) is 4.79 Å². The molecule has 5 heteroatoms. The van der Waals surface area contributed by atoms with E-state index in [0.29, 0.717) is 11.3 Å². The van der Waals surface area contributed by atoms with Gasteiger partial charge in [0.15, 0.2) is 5.16 Å². The van der Waals surface area contributed by atoms with Crippen LogP contribution in [0.3, 0.4) is 0 Å². The first-order valence-corrected chi connectivity index (χ1v) is 13.9. The second kappa shape index (κ2) is 9.72. The molecule has 1 aromatic carbocycles. The number of aryl methyl sites for hydroxylation is 2. The number of benzene rings is 1. The van der Waals surface area contributed by atoms with E-state index >= 15 is 0 Å². The third kappa shape index (κ3) is 4.84. The van der Waals surface area contributed by atoms with Crippen LogP contribution in [0.5, 0.6) is 0 Å². The van der Waals surface area contributed by atoms with Gasteiger partial charge in [0.2, 0.25) is 0 Å². The van der Waals surface area contributed by atoms with Crippen molar-refractivity contribution in [2.45, 2.75) is 84.7 Å². The molecule has 0 spiro atoms. The highest BCUT2D eigenvalue weighted by Crippen LogP contribution is 2.42. The van der Waals surface area contributed by atoms with E-state index in [1.165, 1.54) is 35.3 Å². The minimum Gasteiger partial charge on any atom is -0.268 e. The lowest BCUT2D eigenvalue weighted by Crippen LogP contribution is -2.27. The molecule has 3 aromatic rings. The zero-order chi connectivity index (χ0) is 22.9. The topological polar surface area (TPSA) is 34.9 Å². The fourth-order valence-electron chi connectivity index (χ4n) is 4.66. The van der Waals surface area contributed by atoms with E-state index in [4.69, 9.17) is 4.98 Å². The molecule has 0 radical (unpaired) electrons. The van der Waals surface area contributed by atoms with E-state index in [1.54, 1.807) is 23.1 Å². The Balaban J connectivity index is 1.78. The molecule has 0 bridgehead atoms. The summed E-state index contributed by atoms with van der Waals surface area (Å²) in [6.07, 6.45) is 8.12. The van der Waals surface area contributed by atoms with Gasteiger partial charge in [-0.25, -0.2) is 4.98 Å². The Labute approximate surface area is 200 Å². The summed E-state index contributed by atoms with van der Waals surface area (Å²) in [5, 5.41) is 1.71. The normalized spacial score (nSPS) is 16.5. The molecule has 0 saturated carbocycles. The molecule has 2 aromatic heterocycles. The third-order valence-electron chi connectivity index (χ3n) is 6.80. The minimum atomic E-state index is 0.113. The SMILES string of the molecule is CCCCCCSc1nc2sc3c(c2c(=O)n1-c1ccc(C)cc1)CCC(C(C)(C)C)C3. The Morgan fingerprint density at radius 3 is 2.59 bits per heavy atom. The Morgan fingerprint density at radius 2 is 1.91 bits per heavy atom. The van der Waals surface area contributed by atoms with Crippen LogP contribution in [0.2, 0.25) is 0 Å². The van der Waals surface area contributed by atoms with Crippen molar-refractivity contribution in [1.29, 1.82) is 0 Å². The number of unbranched alkanes of at least 4 members (excludes halogenated alkanes) is 3. The molecular formula is C27H36N2OS2. The van der Waals surface area contributed by atoms with Crippen molar-refractivity contribution < 1.29 is 0 Å². The number of hydrogen-bond donors (Lipinski definition) is 0. The van der Waals surface area contributed by atoms with Gasteiger partial charge in [0.25, 0.3) is 5.56 Å². The first-order valence-electron chi connectivity index (χ1n) is 12.1. The first-order chi connectivity index (χ1) is 15.3. The number of hydrogen-bond acceptors (Lipinski definition) is 4. The van der Waals surface area contributed by atoms with E-state index in [-0.39, 0.29) is 5.56 Å². The van der Waals surface area contributed by atoms with Gasteiger partial charge in [-0.1, -0.05) is 76.4 Å². The average Bonchev–Trinajstić information content (AvgIpc) is 3.12. The van der Waals surface area contributed by atoms with Gasteiger partial charge in [0.05, 0.1) is 11.1 Å². The Hall–Kier alpha value is -1.59. The molecule has 0 N–H and O–H groups in total. The highest BCUT2D eigenvalue weighted by molar-refractivity contribution is 7.99. The Bertz CT molecular complexity index is 1140. The van der Waals surface area contributed by atoms with Crippen LogP contribution in [0.1, 0.15) is 75.8 Å². The van der Waals surface area contributed by atoms with Gasteiger partial charge in [0.1, 0.15) is 4.83 Å². The van der Waals surface area contributed by atoms with Crippen LogP contribution in [0, 0.1) is 18.3 Å². The van der Waals surface area contributed by atoms with Crippen molar-refractivity contribution in [3.05, 3.63) is 50.6 Å². The molecule has 2 heterocycles. The summed E-state index contributed by atoms with van der Waals surface area (Å²) in [6.45, 7) is 11.3. The molecular weight excluding hydrogens is 432 g/mol. The summed E-state index contributed by atoms with van der Waals surface area (Å²) < 4.78 is 1.87. The van der Waals surface area contributed by atoms with Gasteiger partial charge in [-0.15, -0.1) is 11.3 Å². The lowest BCUT2D eigenvalue weighted by molar-refractivity contribution is 0.218. The number of rotatable bonds is 7. The van der Waals surface area contributed by atoms with E-state index in [1.807, 2.05) is 4.57 Å². The lowest BCUT2D eigenvalue weighted by Gasteiger charge is -2.33. The summed E-state index contributed by atoms with van der Waals surface area (Å²) >= 11 is 3.50. The number of thioether (sulfide) groups is 1. The third-order valence-corrected chi connectivity index (χ3v) is 8.97. The van der Waals surface area contributed by atoms with Gasteiger partial charge in [-0.3, -0.25) is 9.36 Å². The van der Waals surface area contributed by atoms with Gasteiger partial charge >= 0.3 is 0 Å². The van der Waals surface area contributed by atoms with Crippen molar-refractivity contribution in [3.63, 3.8) is 0 Å². The van der Waals surface area contributed by atoms with Crippen LogP contribution in [0.4, 0.5) is 0 Å². The van der Waals surface area contributed by atoms with Crippen molar-refractivity contribution in [2.75, 3.05) is 5.75 Å². The second-order valence-electron chi connectivity index (χ2n) is 10.3. The average molecular weight is 469 g/mol. The first kappa shape index (κ1) is 23.6. The van der Waals surface area contributed by atoms with Gasteiger partial charge in [-0.2, -0.15) is 0 Å². The maximum atomic E-state index is 13.9. The molecule has 1 unspecified atom stereocenters. The fourth-order valence-corrected chi connectivity index (χ4v) is 7.01. The number of aromatic nitrogens is 2. The fraction of sp³-hybridized carbons (Fsp3) is 0.556. The van der Waals surface area contributed by atoms with Crippen molar-refractivity contribution in [3.8, 4) is 5.69 Å². The quantitative estimate of drug-likeness (QED) is 0.204.